The van der Waals surface area contributed by atoms with Gasteiger partial charge in [-0.25, -0.2) is 0 Å². The molecule has 0 aliphatic carbocycles. The lowest BCUT2D eigenvalue weighted by Crippen LogP contribution is -2.36. The van der Waals surface area contributed by atoms with Gasteiger partial charge in [-0.15, -0.1) is 0 Å². The van der Waals surface area contributed by atoms with E-state index in [0.717, 1.165) is 12.8 Å². The van der Waals surface area contributed by atoms with E-state index in [1.807, 2.05) is 0 Å². The first-order valence-corrected chi connectivity index (χ1v) is 5.34. The molecule has 0 radical (unpaired) electrons. The minimum absolute atomic E-state index is 0.00760. The van der Waals surface area contributed by atoms with Crippen molar-refractivity contribution in [1.29, 1.82) is 0 Å². The average molecular weight is 218 g/mol. The van der Waals surface area contributed by atoms with Gasteiger partial charge in [0.1, 0.15) is 0 Å². The molecule has 5 nitrogen and oxygen atoms in total. The first-order valence-electron chi connectivity index (χ1n) is 5.34. The molecule has 0 rings (SSSR count). The average Bonchev–Trinajstić information content (AvgIpc) is 2.24. The van der Waals surface area contributed by atoms with Crippen molar-refractivity contribution >= 4 is 5.91 Å². The molecule has 5 heteroatoms. The standard InChI is InChI=1S/C10H22N2O3/c1-15-9-7-12(6-8-13)10(14)4-2-3-5-11/h13H,2-9,11H2,1H3. The molecule has 0 spiro atoms. The summed E-state index contributed by atoms with van der Waals surface area (Å²) >= 11 is 0. The molecule has 0 atom stereocenters. The normalized spacial score (nSPS) is 10.3. The number of aliphatic hydroxyl groups excluding tert-OH is 1. The van der Waals surface area contributed by atoms with E-state index in [4.69, 9.17) is 15.6 Å². The lowest BCUT2D eigenvalue weighted by Gasteiger charge is -2.21. The summed E-state index contributed by atoms with van der Waals surface area (Å²) in [4.78, 5) is 13.3. The van der Waals surface area contributed by atoms with Crippen LogP contribution in [0.4, 0.5) is 0 Å². The molecule has 0 saturated carbocycles. The SMILES string of the molecule is COCCN(CCO)C(=O)CCCCN. The lowest BCUT2D eigenvalue weighted by molar-refractivity contribution is -0.132. The fourth-order valence-corrected chi connectivity index (χ4v) is 1.26. The van der Waals surface area contributed by atoms with Crippen molar-refractivity contribution in [2.75, 3.05) is 40.0 Å². The van der Waals surface area contributed by atoms with E-state index >= 15 is 0 Å². The molecule has 0 saturated heterocycles. The number of nitrogens with zero attached hydrogens (tertiary/aromatic N) is 1. The van der Waals surface area contributed by atoms with Crippen molar-refractivity contribution in [3.8, 4) is 0 Å². The van der Waals surface area contributed by atoms with Gasteiger partial charge in [0.2, 0.25) is 5.91 Å². The molecule has 0 heterocycles. The quantitative estimate of drug-likeness (QED) is 0.515. The van der Waals surface area contributed by atoms with Crippen LogP contribution in [-0.2, 0) is 9.53 Å². The molecule has 1 amide bonds. The third kappa shape index (κ3) is 7.30. The molecule has 0 aliphatic heterocycles. The minimum atomic E-state index is -0.00760. The monoisotopic (exact) mass is 218 g/mol. The fourth-order valence-electron chi connectivity index (χ4n) is 1.26. The van der Waals surface area contributed by atoms with E-state index < -0.39 is 0 Å². The van der Waals surface area contributed by atoms with Crippen molar-refractivity contribution in [1.82, 2.24) is 4.90 Å². The highest BCUT2D eigenvalue weighted by Gasteiger charge is 2.11. The number of hydrogen-bond donors (Lipinski definition) is 2. The highest BCUT2D eigenvalue weighted by molar-refractivity contribution is 5.76. The summed E-state index contributed by atoms with van der Waals surface area (Å²) in [5.74, 6) is 0.0644. The number of nitrogens with two attached hydrogens (primary N) is 1. The lowest BCUT2D eigenvalue weighted by atomic mass is 10.2. The molecule has 0 fully saturated rings. The summed E-state index contributed by atoms with van der Waals surface area (Å²) in [6.45, 7) is 2.03. The topological polar surface area (TPSA) is 75.8 Å². The number of rotatable bonds is 9. The summed E-state index contributed by atoms with van der Waals surface area (Å²) < 4.78 is 4.90. The summed E-state index contributed by atoms with van der Waals surface area (Å²) in [5.41, 5.74) is 5.34. The second kappa shape index (κ2) is 9.89. The van der Waals surface area contributed by atoms with Gasteiger partial charge in [-0.3, -0.25) is 4.79 Å². The molecular formula is C10H22N2O3. The van der Waals surface area contributed by atoms with Crippen LogP contribution in [-0.4, -0.2) is 55.9 Å². The van der Waals surface area contributed by atoms with Crippen molar-refractivity contribution in [2.24, 2.45) is 5.73 Å². The van der Waals surface area contributed by atoms with Gasteiger partial charge in [0.05, 0.1) is 13.2 Å². The zero-order chi connectivity index (χ0) is 11.5. The second-order valence-electron chi connectivity index (χ2n) is 3.34. The number of unbranched alkanes of at least 4 members (excludes halogenated alkanes) is 1. The molecular weight excluding hydrogens is 196 g/mol. The Morgan fingerprint density at radius 1 is 1.40 bits per heavy atom. The van der Waals surface area contributed by atoms with E-state index in [1.165, 1.54) is 0 Å². The Morgan fingerprint density at radius 2 is 2.13 bits per heavy atom. The summed E-state index contributed by atoms with van der Waals surface area (Å²) in [6.07, 6.45) is 2.17. The third-order valence-corrected chi connectivity index (χ3v) is 2.13. The molecule has 15 heavy (non-hydrogen) atoms. The molecule has 0 aromatic rings. The van der Waals surface area contributed by atoms with E-state index in [-0.39, 0.29) is 12.5 Å². The first kappa shape index (κ1) is 14.3. The van der Waals surface area contributed by atoms with Crippen LogP contribution in [0.3, 0.4) is 0 Å². The largest absolute Gasteiger partial charge is 0.395 e. The van der Waals surface area contributed by atoms with Crippen LogP contribution in [0.25, 0.3) is 0 Å². The predicted molar refractivity (Wildman–Crippen MR) is 58.4 cm³/mol. The molecule has 0 bridgehead atoms. The van der Waals surface area contributed by atoms with Gasteiger partial charge in [-0.2, -0.15) is 0 Å². The Balaban J connectivity index is 3.81. The van der Waals surface area contributed by atoms with Crippen molar-refractivity contribution in [2.45, 2.75) is 19.3 Å². The summed E-state index contributed by atoms with van der Waals surface area (Å²) in [6, 6.07) is 0. The van der Waals surface area contributed by atoms with Crippen LogP contribution >= 0.6 is 0 Å². The minimum Gasteiger partial charge on any atom is -0.395 e. The number of amides is 1. The smallest absolute Gasteiger partial charge is 0.222 e. The molecule has 0 unspecified atom stereocenters. The maximum Gasteiger partial charge on any atom is 0.222 e. The third-order valence-electron chi connectivity index (χ3n) is 2.13. The predicted octanol–water partition coefficient (Wildman–Crippen LogP) is -0.417. The molecule has 3 N–H and O–H groups in total. The summed E-state index contributed by atoms with van der Waals surface area (Å²) in [5, 5.41) is 8.80. The van der Waals surface area contributed by atoms with Crippen LogP contribution < -0.4 is 5.73 Å². The summed E-state index contributed by atoms with van der Waals surface area (Å²) in [7, 11) is 1.59. The second-order valence-corrected chi connectivity index (χ2v) is 3.34. The van der Waals surface area contributed by atoms with Crippen LogP contribution in [0, 0.1) is 0 Å². The van der Waals surface area contributed by atoms with Gasteiger partial charge < -0.3 is 20.5 Å². The number of methoxy groups -OCH3 is 1. The zero-order valence-corrected chi connectivity index (χ0v) is 9.45. The number of ether oxygens (including phenoxy) is 1. The molecule has 0 aliphatic rings. The first-order chi connectivity index (χ1) is 7.26. The van der Waals surface area contributed by atoms with Crippen LogP contribution in [0.1, 0.15) is 19.3 Å². The van der Waals surface area contributed by atoms with Crippen molar-refractivity contribution < 1.29 is 14.6 Å². The van der Waals surface area contributed by atoms with Gasteiger partial charge in [-0.1, -0.05) is 0 Å². The Kier molecular flexibility index (Phi) is 9.46. The molecule has 0 aromatic carbocycles. The number of aliphatic hydroxyl groups is 1. The molecule has 90 valence electrons. The van der Waals surface area contributed by atoms with Crippen molar-refractivity contribution in [3.63, 3.8) is 0 Å². The fraction of sp³-hybridized carbons (Fsp3) is 0.900. The Hall–Kier alpha value is -0.650. The molecule has 0 aromatic heterocycles. The van der Waals surface area contributed by atoms with Crippen molar-refractivity contribution in [3.05, 3.63) is 0 Å². The number of hydrogen-bond acceptors (Lipinski definition) is 4. The van der Waals surface area contributed by atoms with E-state index in [9.17, 15) is 4.79 Å². The van der Waals surface area contributed by atoms with Gasteiger partial charge in [0.25, 0.3) is 0 Å². The maximum absolute atomic E-state index is 11.6. The van der Waals surface area contributed by atoms with Gasteiger partial charge >= 0.3 is 0 Å². The van der Waals surface area contributed by atoms with Crippen LogP contribution in [0.5, 0.6) is 0 Å². The Morgan fingerprint density at radius 3 is 2.67 bits per heavy atom. The number of carbonyl (C=O) groups excluding carboxylic acids is 1. The van der Waals surface area contributed by atoms with E-state index in [2.05, 4.69) is 0 Å². The van der Waals surface area contributed by atoms with Crippen LogP contribution in [0.15, 0.2) is 0 Å². The zero-order valence-electron chi connectivity index (χ0n) is 9.45. The highest BCUT2D eigenvalue weighted by atomic mass is 16.5. The maximum atomic E-state index is 11.6. The van der Waals surface area contributed by atoms with Gasteiger partial charge in [0.15, 0.2) is 0 Å². The Bertz CT molecular complexity index is 165. The highest BCUT2D eigenvalue weighted by Crippen LogP contribution is 2.00. The van der Waals surface area contributed by atoms with Crippen LogP contribution in [0.2, 0.25) is 0 Å². The van der Waals surface area contributed by atoms with Gasteiger partial charge in [-0.05, 0) is 19.4 Å². The number of carbonyl (C=O) groups is 1. The van der Waals surface area contributed by atoms with E-state index in [1.54, 1.807) is 12.0 Å². The Labute approximate surface area is 91.2 Å². The van der Waals surface area contributed by atoms with Gasteiger partial charge in [0, 0.05) is 26.6 Å². The van der Waals surface area contributed by atoms with E-state index in [0.29, 0.717) is 32.7 Å².